The van der Waals surface area contributed by atoms with E-state index in [0.717, 1.165) is 42.0 Å². The van der Waals surface area contributed by atoms with E-state index in [1.54, 1.807) is 17.4 Å². The Kier molecular flexibility index (Phi) is 3.96. The van der Waals surface area contributed by atoms with Crippen molar-refractivity contribution in [1.29, 1.82) is 0 Å². The molecular formula is C17H17F2N3OS. The molecule has 126 valence electrons. The predicted molar refractivity (Wildman–Crippen MR) is 89.6 cm³/mol. The second-order valence-electron chi connectivity index (χ2n) is 6.24. The Morgan fingerprint density at radius 3 is 2.71 bits per heavy atom. The number of aromatic nitrogens is 1. The summed E-state index contributed by atoms with van der Waals surface area (Å²) in [4.78, 5) is 19.8. The lowest BCUT2D eigenvalue weighted by molar-refractivity contribution is -0.116. The smallest absolute Gasteiger partial charge is 0.226 e. The van der Waals surface area contributed by atoms with Crippen LogP contribution in [0.1, 0.15) is 42.0 Å². The monoisotopic (exact) mass is 349 g/mol. The standard InChI is InChI=1S/C17H17F2N3OS/c18-12-5-4-10(8-13(12)19)11-9-14(23)20-16-15(11)24-17(21-16)22-6-2-1-3-7-22/h4-5,8,11H,1-3,6-7,9H2,(H,20,23)/t11-/m0/s1. The maximum atomic E-state index is 13.6. The number of fused-ring (bicyclic) bond motifs is 1. The number of hydrogen-bond donors (Lipinski definition) is 1. The molecule has 2 aromatic rings. The van der Waals surface area contributed by atoms with Gasteiger partial charge in [0.15, 0.2) is 16.8 Å². The lowest BCUT2D eigenvalue weighted by Gasteiger charge is -2.25. The van der Waals surface area contributed by atoms with E-state index in [4.69, 9.17) is 0 Å². The summed E-state index contributed by atoms with van der Waals surface area (Å²) in [5, 5.41) is 3.71. The molecule has 0 aliphatic carbocycles. The van der Waals surface area contributed by atoms with Crippen molar-refractivity contribution in [2.24, 2.45) is 0 Å². The third-order valence-electron chi connectivity index (χ3n) is 4.58. The lowest BCUT2D eigenvalue weighted by atomic mass is 9.91. The number of nitrogens with one attached hydrogen (secondary N) is 1. The quantitative estimate of drug-likeness (QED) is 0.895. The van der Waals surface area contributed by atoms with Crippen molar-refractivity contribution in [3.8, 4) is 0 Å². The fourth-order valence-electron chi connectivity index (χ4n) is 3.33. The molecular weight excluding hydrogens is 332 g/mol. The molecule has 1 atom stereocenters. The number of carbonyl (C=O) groups excluding carboxylic acids is 1. The largest absolute Gasteiger partial charge is 0.348 e. The first-order chi connectivity index (χ1) is 11.6. The number of anilines is 2. The van der Waals surface area contributed by atoms with Crippen LogP contribution in [0.2, 0.25) is 0 Å². The highest BCUT2D eigenvalue weighted by molar-refractivity contribution is 7.16. The molecule has 3 heterocycles. The Labute approximate surface area is 142 Å². The summed E-state index contributed by atoms with van der Waals surface area (Å²) >= 11 is 1.54. The van der Waals surface area contributed by atoms with Gasteiger partial charge in [-0.05, 0) is 37.0 Å². The fraction of sp³-hybridized carbons (Fsp3) is 0.412. The van der Waals surface area contributed by atoms with Gasteiger partial charge in [0.25, 0.3) is 0 Å². The second-order valence-corrected chi connectivity index (χ2v) is 7.24. The average molecular weight is 349 g/mol. The van der Waals surface area contributed by atoms with Crippen LogP contribution in [0.15, 0.2) is 18.2 Å². The molecule has 0 bridgehead atoms. The van der Waals surface area contributed by atoms with Crippen LogP contribution in [0.5, 0.6) is 0 Å². The van der Waals surface area contributed by atoms with Crippen LogP contribution in [0.4, 0.5) is 19.7 Å². The lowest BCUT2D eigenvalue weighted by Crippen LogP contribution is -2.29. The zero-order valence-corrected chi connectivity index (χ0v) is 13.8. The summed E-state index contributed by atoms with van der Waals surface area (Å²) in [6.07, 6.45) is 3.74. The zero-order chi connectivity index (χ0) is 16.7. The van der Waals surface area contributed by atoms with Crippen LogP contribution in [-0.4, -0.2) is 24.0 Å². The van der Waals surface area contributed by atoms with Crippen LogP contribution in [0.25, 0.3) is 0 Å². The molecule has 0 radical (unpaired) electrons. The highest BCUT2D eigenvalue weighted by Gasteiger charge is 2.32. The van der Waals surface area contributed by atoms with Gasteiger partial charge in [0, 0.05) is 25.4 Å². The van der Waals surface area contributed by atoms with Gasteiger partial charge >= 0.3 is 0 Å². The third kappa shape index (κ3) is 2.77. The average Bonchev–Trinajstić information content (AvgIpc) is 3.01. The Balaban J connectivity index is 1.71. The molecule has 2 aliphatic rings. The maximum absolute atomic E-state index is 13.6. The number of rotatable bonds is 2. The number of piperidine rings is 1. The molecule has 1 saturated heterocycles. The minimum atomic E-state index is -0.888. The first-order valence-corrected chi connectivity index (χ1v) is 8.94. The summed E-state index contributed by atoms with van der Waals surface area (Å²) in [6.45, 7) is 1.94. The van der Waals surface area contributed by atoms with E-state index in [2.05, 4.69) is 15.2 Å². The van der Waals surface area contributed by atoms with Crippen LogP contribution in [-0.2, 0) is 4.79 Å². The molecule has 1 N–H and O–H groups in total. The van der Waals surface area contributed by atoms with Gasteiger partial charge in [0.2, 0.25) is 5.91 Å². The third-order valence-corrected chi connectivity index (χ3v) is 5.81. The highest BCUT2D eigenvalue weighted by atomic mass is 32.1. The van der Waals surface area contributed by atoms with Gasteiger partial charge in [-0.2, -0.15) is 0 Å². The van der Waals surface area contributed by atoms with Crippen LogP contribution in [0, 0.1) is 11.6 Å². The van der Waals surface area contributed by atoms with E-state index in [-0.39, 0.29) is 18.2 Å². The van der Waals surface area contributed by atoms with Crippen LogP contribution >= 0.6 is 11.3 Å². The molecule has 7 heteroatoms. The zero-order valence-electron chi connectivity index (χ0n) is 13.0. The van der Waals surface area contributed by atoms with Gasteiger partial charge in [-0.25, -0.2) is 13.8 Å². The topological polar surface area (TPSA) is 45.2 Å². The summed E-state index contributed by atoms with van der Waals surface area (Å²) < 4.78 is 26.8. The number of halogens is 2. The van der Waals surface area contributed by atoms with Crippen molar-refractivity contribution in [3.63, 3.8) is 0 Å². The van der Waals surface area contributed by atoms with Gasteiger partial charge in [-0.15, -0.1) is 0 Å². The summed E-state index contributed by atoms with van der Waals surface area (Å²) in [5.41, 5.74) is 0.610. The molecule has 0 spiro atoms. The Morgan fingerprint density at radius 1 is 1.17 bits per heavy atom. The highest BCUT2D eigenvalue weighted by Crippen LogP contribution is 2.43. The number of carbonyl (C=O) groups is 1. The van der Waals surface area contributed by atoms with Crippen LogP contribution < -0.4 is 10.2 Å². The molecule has 0 saturated carbocycles. The minimum absolute atomic E-state index is 0.146. The van der Waals surface area contributed by atoms with Gasteiger partial charge in [-0.3, -0.25) is 4.79 Å². The molecule has 1 aromatic carbocycles. The molecule has 0 unspecified atom stereocenters. The molecule has 2 aliphatic heterocycles. The van der Waals surface area contributed by atoms with Crippen LogP contribution in [0.3, 0.4) is 0 Å². The van der Waals surface area contributed by atoms with E-state index in [1.807, 2.05) is 0 Å². The number of hydrogen-bond acceptors (Lipinski definition) is 4. The van der Waals surface area contributed by atoms with Crippen molar-refractivity contribution < 1.29 is 13.6 Å². The van der Waals surface area contributed by atoms with Crippen molar-refractivity contribution in [1.82, 2.24) is 4.98 Å². The number of nitrogens with zero attached hydrogens (tertiary/aromatic N) is 2. The Bertz CT molecular complexity index is 786. The number of benzene rings is 1. The van der Waals surface area contributed by atoms with E-state index < -0.39 is 11.6 Å². The van der Waals surface area contributed by atoms with E-state index in [0.29, 0.717) is 11.4 Å². The van der Waals surface area contributed by atoms with Gasteiger partial charge in [0.1, 0.15) is 5.82 Å². The van der Waals surface area contributed by atoms with E-state index in [9.17, 15) is 13.6 Å². The Hall–Kier alpha value is -2.02. The SMILES string of the molecule is O=C1C[C@@H](c2ccc(F)c(F)c2)c2sc(N3CCCCC3)nc2N1. The minimum Gasteiger partial charge on any atom is -0.348 e. The molecule has 4 rings (SSSR count). The van der Waals surface area contributed by atoms with Crippen molar-refractivity contribution in [2.75, 3.05) is 23.3 Å². The van der Waals surface area contributed by atoms with Gasteiger partial charge in [0.05, 0.1) is 4.88 Å². The fourth-order valence-corrected chi connectivity index (χ4v) is 4.53. The summed E-state index contributed by atoms with van der Waals surface area (Å²) in [7, 11) is 0. The van der Waals surface area contributed by atoms with E-state index in [1.165, 1.54) is 12.5 Å². The van der Waals surface area contributed by atoms with E-state index >= 15 is 0 Å². The molecule has 1 amide bonds. The first-order valence-electron chi connectivity index (χ1n) is 8.12. The number of thiazole rings is 1. The van der Waals surface area contributed by atoms with Crippen molar-refractivity contribution in [3.05, 3.63) is 40.3 Å². The van der Waals surface area contributed by atoms with Crippen molar-refractivity contribution in [2.45, 2.75) is 31.6 Å². The molecule has 1 fully saturated rings. The summed E-state index contributed by atoms with van der Waals surface area (Å²) in [5.74, 6) is -1.63. The molecule has 4 nitrogen and oxygen atoms in total. The normalized spacial score (nSPS) is 20.7. The number of amides is 1. The molecule has 24 heavy (non-hydrogen) atoms. The van der Waals surface area contributed by atoms with Gasteiger partial charge < -0.3 is 10.2 Å². The Morgan fingerprint density at radius 2 is 1.96 bits per heavy atom. The van der Waals surface area contributed by atoms with Gasteiger partial charge in [-0.1, -0.05) is 17.4 Å². The maximum Gasteiger partial charge on any atom is 0.226 e. The first kappa shape index (κ1) is 15.5. The second kappa shape index (κ2) is 6.12. The molecule has 1 aromatic heterocycles. The summed E-state index contributed by atoms with van der Waals surface area (Å²) in [6, 6.07) is 3.85. The predicted octanol–water partition coefficient (Wildman–Crippen LogP) is 3.89. The van der Waals surface area contributed by atoms with Crippen molar-refractivity contribution >= 4 is 28.2 Å².